The van der Waals surface area contributed by atoms with Crippen molar-refractivity contribution < 1.29 is 9.90 Å². The molecule has 124 valence electrons. The molecule has 0 atom stereocenters. The lowest BCUT2D eigenvalue weighted by Crippen LogP contribution is -2.21. The molecular formula is C15H11Cl2N3O4. The van der Waals surface area contributed by atoms with E-state index in [0.717, 1.165) is 0 Å². The van der Waals surface area contributed by atoms with Crippen molar-refractivity contribution in [1.82, 2.24) is 9.97 Å². The predicted molar refractivity (Wildman–Crippen MR) is 93.0 cm³/mol. The van der Waals surface area contributed by atoms with Crippen LogP contribution in [-0.2, 0) is 0 Å². The molecule has 0 saturated heterocycles. The molecule has 0 aliphatic rings. The molecule has 0 aliphatic heterocycles. The second-order valence-corrected chi connectivity index (χ2v) is 5.51. The van der Waals surface area contributed by atoms with E-state index >= 15 is 0 Å². The second kappa shape index (κ2) is 7.20. The highest BCUT2D eigenvalue weighted by molar-refractivity contribution is 6.31. The minimum Gasteiger partial charge on any atom is -0.478 e. The Balaban J connectivity index is 0.000000177. The summed E-state index contributed by atoms with van der Waals surface area (Å²) in [5.41, 5.74) is 5.16. The lowest BCUT2D eigenvalue weighted by Gasteiger charge is -1.99. The Morgan fingerprint density at radius 3 is 2.25 bits per heavy atom. The Hall–Kier alpha value is -2.77. The smallest absolute Gasteiger partial charge is 0.337 e. The molecule has 3 aromatic rings. The number of hydrogen-bond donors (Lipinski definition) is 4. The Morgan fingerprint density at radius 1 is 1.00 bits per heavy atom. The number of aromatic nitrogens is 2. The normalized spacial score (nSPS) is 10.1. The fraction of sp³-hybridized carbons (Fsp3) is 0. The first-order valence-electron chi connectivity index (χ1n) is 6.48. The number of hydrogen-bond acceptors (Lipinski definition) is 4. The van der Waals surface area contributed by atoms with Gasteiger partial charge in [0.25, 0.3) is 5.56 Å². The maximum atomic E-state index is 11.2. The maximum Gasteiger partial charge on any atom is 0.337 e. The molecule has 0 fully saturated rings. The highest BCUT2D eigenvalue weighted by Gasteiger charge is 2.06. The van der Waals surface area contributed by atoms with Crippen LogP contribution in [0, 0.1) is 0 Å². The number of carbonyl (C=O) groups is 1. The van der Waals surface area contributed by atoms with Crippen LogP contribution < -0.4 is 17.0 Å². The number of nitrogen functional groups attached to an aromatic ring is 1. The summed E-state index contributed by atoms with van der Waals surface area (Å²) < 4.78 is 0. The van der Waals surface area contributed by atoms with Crippen molar-refractivity contribution in [1.29, 1.82) is 0 Å². The number of carboxylic acid groups (broad SMARTS) is 1. The number of halogens is 2. The van der Waals surface area contributed by atoms with Crippen molar-refractivity contribution >= 4 is 45.8 Å². The van der Waals surface area contributed by atoms with Gasteiger partial charge in [-0.2, -0.15) is 0 Å². The first kappa shape index (κ1) is 17.6. The zero-order valence-electron chi connectivity index (χ0n) is 12.0. The number of carboxylic acids is 1. The van der Waals surface area contributed by atoms with Gasteiger partial charge in [-0.15, -0.1) is 0 Å². The van der Waals surface area contributed by atoms with Gasteiger partial charge in [-0.1, -0.05) is 23.2 Å². The fourth-order valence-electron chi connectivity index (χ4n) is 1.85. The van der Waals surface area contributed by atoms with Crippen LogP contribution in [0.4, 0.5) is 5.69 Å². The molecule has 9 heteroatoms. The summed E-state index contributed by atoms with van der Waals surface area (Å²) in [6.07, 6.45) is 0. The third-order valence-electron chi connectivity index (χ3n) is 2.95. The molecule has 0 aliphatic carbocycles. The monoisotopic (exact) mass is 367 g/mol. The molecule has 0 saturated carbocycles. The number of nitrogens with one attached hydrogen (secondary N) is 2. The van der Waals surface area contributed by atoms with Crippen LogP contribution in [0.25, 0.3) is 10.9 Å². The number of anilines is 1. The summed E-state index contributed by atoms with van der Waals surface area (Å²) in [6.45, 7) is 0. The lowest BCUT2D eigenvalue weighted by atomic mass is 10.2. The highest BCUT2D eigenvalue weighted by Crippen LogP contribution is 2.17. The van der Waals surface area contributed by atoms with Gasteiger partial charge in [-0.05, 0) is 36.4 Å². The molecule has 3 rings (SSSR count). The minimum atomic E-state index is -1.06. The molecule has 0 bridgehead atoms. The summed E-state index contributed by atoms with van der Waals surface area (Å²) in [7, 11) is 0. The fourth-order valence-corrected chi connectivity index (χ4v) is 2.20. The molecule has 5 N–H and O–H groups in total. The molecule has 0 unspecified atom stereocenters. The van der Waals surface area contributed by atoms with Crippen LogP contribution in [0.5, 0.6) is 0 Å². The molecule has 0 radical (unpaired) electrons. The first-order valence-corrected chi connectivity index (χ1v) is 7.23. The van der Waals surface area contributed by atoms with Gasteiger partial charge in [0, 0.05) is 15.7 Å². The van der Waals surface area contributed by atoms with Crippen molar-refractivity contribution in [3.8, 4) is 0 Å². The van der Waals surface area contributed by atoms with Crippen LogP contribution >= 0.6 is 23.2 Å². The summed E-state index contributed by atoms with van der Waals surface area (Å²) in [5.74, 6) is -1.06. The highest BCUT2D eigenvalue weighted by atomic mass is 35.5. The third-order valence-corrected chi connectivity index (χ3v) is 3.42. The zero-order valence-corrected chi connectivity index (χ0v) is 13.5. The largest absolute Gasteiger partial charge is 0.478 e. The number of H-pyrrole nitrogens is 2. The van der Waals surface area contributed by atoms with Gasteiger partial charge in [0.2, 0.25) is 0 Å². The second-order valence-electron chi connectivity index (χ2n) is 4.63. The summed E-state index contributed by atoms with van der Waals surface area (Å²) in [4.78, 5) is 37.1. The molecule has 0 amide bonds. The quantitative estimate of drug-likeness (QED) is 0.491. The van der Waals surface area contributed by atoms with Gasteiger partial charge in [0.15, 0.2) is 0 Å². The van der Waals surface area contributed by atoms with E-state index in [9.17, 15) is 14.4 Å². The zero-order chi connectivity index (χ0) is 17.9. The van der Waals surface area contributed by atoms with Crippen molar-refractivity contribution in [2.24, 2.45) is 0 Å². The molecule has 1 heterocycles. The standard InChI is InChI=1S/C8H5ClN2O2.C7H6ClNO2/c9-4-1-2-6-5(3-4)7(12)11-8(13)10-6;8-4-1-2-6(9)5(3-4)7(10)11/h1-3H,(H2,10,11,12,13);1-3H,9H2,(H,10,11). The Labute approximate surface area is 144 Å². The van der Waals surface area contributed by atoms with E-state index in [1.807, 2.05) is 0 Å². The molecule has 2 aromatic carbocycles. The van der Waals surface area contributed by atoms with E-state index in [-0.39, 0.29) is 11.3 Å². The predicted octanol–water partition coefficient (Wildman–Crippen LogP) is 2.49. The Morgan fingerprint density at radius 2 is 1.62 bits per heavy atom. The van der Waals surface area contributed by atoms with E-state index < -0.39 is 17.2 Å². The minimum absolute atomic E-state index is 0.0394. The first-order chi connectivity index (χ1) is 11.3. The van der Waals surface area contributed by atoms with E-state index in [1.165, 1.54) is 18.2 Å². The Bertz CT molecular complexity index is 1030. The van der Waals surface area contributed by atoms with E-state index in [1.54, 1.807) is 18.2 Å². The number of aromatic amines is 2. The van der Waals surface area contributed by atoms with Crippen molar-refractivity contribution in [3.63, 3.8) is 0 Å². The van der Waals surface area contributed by atoms with Gasteiger partial charge in [0.1, 0.15) is 0 Å². The molecule has 7 nitrogen and oxygen atoms in total. The van der Waals surface area contributed by atoms with Gasteiger partial charge >= 0.3 is 11.7 Å². The van der Waals surface area contributed by atoms with Crippen LogP contribution in [-0.4, -0.2) is 21.0 Å². The number of aromatic carboxylic acids is 1. The van der Waals surface area contributed by atoms with Crippen LogP contribution in [0.15, 0.2) is 46.0 Å². The molecule has 0 spiro atoms. The number of rotatable bonds is 1. The van der Waals surface area contributed by atoms with Gasteiger partial charge in [-0.3, -0.25) is 9.78 Å². The molecule has 24 heavy (non-hydrogen) atoms. The van der Waals surface area contributed by atoms with Crippen LogP contribution in [0.2, 0.25) is 10.0 Å². The SMILES string of the molecule is Nc1ccc(Cl)cc1C(=O)O.O=c1[nH]c(=O)c2cc(Cl)ccc2[nH]1. The number of benzene rings is 2. The van der Waals surface area contributed by atoms with Gasteiger partial charge in [-0.25, -0.2) is 9.59 Å². The number of fused-ring (bicyclic) bond motifs is 1. The maximum absolute atomic E-state index is 11.2. The van der Waals surface area contributed by atoms with Gasteiger partial charge in [0.05, 0.1) is 16.5 Å². The van der Waals surface area contributed by atoms with Crippen molar-refractivity contribution in [2.75, 3.05) is 5.73 Å². The van der Waals surface area contributed by atoms with Crippen molar-refractivity contribution in [2.45, 2.75) is 0 Å². The van der Waals surface area contributed by atoms with E-state index in [2.05, 4.69) is 9.97 Å². The topological polar surface area (TPSA) is 129 Å². The summed E-state index contributed by atoms with van der Waals surface area (Å²) in [6, 6.07) is 9.04. The molecular weight excluding hydrogens is 357 g/mol. The van der Waals surface area contributed by atoms with Crippen LogP contribution in [0.3, 0.4) is 0 Å². The Kier molecular flexibility index (Phi) is 5.28. The average Bonchev–Trinajstić information content (AvgIpc) is 2.51. The average molecular weight is 368 g/mol. The van der Waals surface area contributed by atoms with E-state index in [0.29, 0.717) is 20.9 Å². The number of nitrogens with two attached hydrogens (primary N) is 1. The summed E-state index contributed by atoms with van der Waals surface area (Å²) in [5, 5.41) is 9.77. The van der Waals surface area contributed by atoms with Crippen LogP contribution in [0.1, 0.15) is 10.4 Å². The summed E-state index contributed by atoms with van der Waals surface area (Å²) >= 11 is 11.2. The molecule has 1 aromatic heterocycles. The van der Waals surface area contributed by atoms with Crippen molar-refractivity contribution in [3.05, 3.63) is 72.8 Å². The van der Waals surface area contributed by atoms with E-state index in [4.69, 9.17) is 34.0 Å². The van der Waals surface area contributed by atoms with Gasteiger partial charge < -0.3 is 15.8 Å². The lowest BCUT2D eigenvalue weighted by molar-refractivity contribution is 0.0698. The third kappa shape index (κ3) is 4.15.